The van der Waals surface area contributed by atoms with E-state index < -0.39 is 0 Å². The monoisotopic (exact) mass is 367 g/mol. The van der Waals surface area contributed by atoms with Crippen LogP contribution < -0.4 is 10.6 Å². The molecule has 0 aromatic heterocycles. The number of amides is 3. The summed E-state index contributed by atoms with van der Waals surface area (Å²) in [7, 11) is 0. The Hall–Kier alpha value is -1.79. The molecule has 7 heteroatoms. The maximum atomic E-state index is 12.5. The minimum absolute atomic E-state index is 0.00770. The molecule has 26 heavy (non-hydrogen) atoms. The quantitative estimate of drug-likeness (QED) is 0.752. The number of nitrogens with zero attached hydrogens (tertiary/aromatic N) is 1. The first-order valence-electron chi connectivity index (χ1n) is 10.0. The van der Waals surface area contributed by atoms with Crippen molar-refractivity contribution in [1.82, 2.24) is 15.5 Å². The number of likely N-dealkylation sites (tertiary alicyclic amines) is 1. The molecule has 0 unspecified atom stereocenters. The van der Waals surface area contributed by atoms with Crippen LogP contribution in [0.5, 0.6) is 0 Å². The van der Waals surface area contributed by atoms with Crippen LogP contribution in [0, 0.1) is 11.8 Å². The van der Waals surface area contributed by atoms with Crippen molar-refractivity contribution >= 4 is 17.9 Å². The van der Waals surface area contributed by atoms with Crippen molar-refractivity contribution in [3.05, 3.63) is 0 Å². The van der Waals surface area contributed by atoms with Gasteiger partial charge in [0.15, 0.2) is 0 Å². The third-order valence-electron chi connectivity index (χ3n) is 5.39. The Labute approximate surface area is 156 Å². The topological polar surface area (TPSA) is 87.7 Å². The van der Waals surface area contributed by atoms with Crippen molar-refractivity contribution in [3.8, 4) is 0 Å². The lowest BCUT2D eigenvalue weighted by Gasteiger charge is -2.33. The van der Waals surface area contributed by atoms with Gasteiger partial charge in [-0.2, -0.15) is 0 Å². The van der Waals surface area contributed by atoms with Gasteiger partial charge in [-0.25, -0.2) is 4.79 Å². The summed E-state index contributed by atoms with van der Waals surface area (Å²) in [4.78, 5) is 38.0. The Bertz CT molecular complexity index is 481. The number of piperidine rings is 1. The lowest BCUT2D eigenvalue weighted by molar-refractivity contribution is -0.131. The van der Waals surface area contributed by atoms with E-state index in [0.29, 0.717) is 19.7 Å². The van der Waals surface area contributed by atoms with Crippen molar-refractivity contribution < 1.29 is 19.1 Å². The summed E-state index contributed by atoms with van der Waals surface area (Å²) in [6, 6.07) is 0.124. The van der Waals surface area contributed by atoms with Gasteiger partial charge in [0.05, 0.1) is 6.61 Å². The molecular weight excluding hydrogens is 334 g/mol. The van der Waals surface area contributed by atoms with Gasteiger partial charge >= 0.3 is 6.09 Å². The number of hydrogen-bond donors (Lipinski definition) is 2. The van der Waals surface area contributed by atoms with Gasteiger partial charge in [0.1, 0.15) is 0 Å². The fourth-order valence-electron chi connectivity index (χ4n) is 3.75. The van der Waals surface area contributed by atoms with Crippen LogP contribution in [0.15, 0.2) is 0 Å². The van der Waals surface area contributed by atoms with Crippen LogP contribution in [0.3, 0.4) is 0 Å². The van der Waals surface area contributed by atoms with Gasteiger partial charge in [0.2, 0.25) is 11.8 Å². The number of hydrogen-bond acceptors (Lipinski definition) is 4. The molecule has 0 aromatic carbocycles. The first-order valence-corrected chi connectivity index (χ1v) is 10.0. The summed E-state index contributed by atoms with van der Waals surface area (Å²) in [6.07, 6.45) is 5.33. The van der Waals surface area contributed by atoms with Gasteiger partial charge in [-0.05, 0) is 51.9 Å². The molecule has 0 spiro atoms. The van der Waals surface area contributed by atoms with E-state index in [1.807, 2.05) is 6.92 Å². The highest BCUT2D eigenvalue weighted by Gasteiger charge is 2.31. The molecule has 0 radical (unpaired) electrons. The van der Waals surface area contributed by atoms with Gasteiger partial charge in [-0.15, -0.1) is 0 Å². The predicted molar refractivity (Wildman–Crippen MR) is 98.5 cm³/mol. The number of nitrogens with one attached hydrogen (secondary N) is 2. The Morgan fingerprint density at radius 2 is 1.50 bits per heavy atom. The average molecular weight is 367 g/mol. The van der Waals surface area contributed by atoms with Gasteiger partial charge in [-0.3, -0.25) is 9.59 Å². The van der Waals surface area contributed by atoms with Crippen LogP contribution in [0.25, 0.3) is 0 Å². The molecule has 2 rings (SSSR count). The van der Waals surface area contributed by atoms with Crippen molar-refractivity contribution in [2.24, 2.45) is 11.8 Å². The molecule has 2 N–H and O–H groups in total. The minimum Gasteiger partial charge on any atom is -0.450 e. The van der Waals surface area contributed by atoms with Gasteiger partial charge in [0, 0.05) is 37.5 Å². The third kappa shape index (κ3) is 5.88. The van der Waals surface area contributed by atoms with Crippen LogP contribution in [0.2, 0.25) is 0 Å². The summed E-state index contributed by atoms with van der Waals surface area (Å²) in [5.74, 6) is 0.302. The average Bonchev–Trinajstić information content (AvgIpc) is 2.67. The summed E-state index contributed by atoms with van der Waals surface area (Å²) < 4.78 is 5.01. The van der Waals surface area contributed by atoms with Crippen molar-refractivity contribution in [3.63, 3.8) is 0 Å². The van der Waals surface area contributed by atoms with Crippen LogP contribution in [0.1, 0.15) is 58.8 Å². The van der Waals surface area contributed by atoms with E-state index in [4.69, 9.17) is 4.74 Å². The van der Waals surface area contributed by atoms with Crippen LogP contribution in [-0.2, 0) is 14.3 Å². The molecule has 3 amide bonds. The SMILES string of the molecule is CCCNC(=O)C1CCC(C(=O)NC2CCN(C(=O)OCC)CC2)CC1. The summed E-state index contributed by atoms with van der Waals surface area (Å²) in [5.41, 5.74) is 0. The summed E-state index contributed by atoms with van der Waals surface area (Å²) >= 11 is 0. The number of ether oxygens (including phenoxy) is 1. The summed E-state index contributed by atoms with van der Waals surface area (Å²) in [5, 5.41) is 6.09. The molecule has 2 fully saturated rings. The summed E-state index contributed by atoms with van der Waals surface area (Å²) in [6.45, 7) is 6.19. The Kier molecular flexibility index (Phi) is 8.19. The second-order valence-electron chi connectivity index (χ2n) is 7.31. The molecule has 2 aliphatic rings. The van der Waals surface area contributed by atoms with E-state index in [0.717, 1.165) is 51.5 Å². The van der Waals surface area contributed by atoms with E-state index in [1.54, 1.807) is 11.8 Å². The zero-order valence-corrected chi connectivity index (χ0v) is 16.1. The Morgan fingerprint density at radius 1 is 0.923 bits per heavy atom. The molecule has 1 saturated carbocycles. The smallest absolute Gasteiger partial charge is 0.409 e. The van der Waals surface area contributed by atoms with Crippen molar-refractivity contribution in [2.75, 3.05) is 26.2 Å². The third-order valence-corrected chi connectivity index (χ3v) is 5.39. The highest BCUT2D eigenvalue weighted by Crippen LogP contribution is 2.29. The zero-order valence-electron chi connectivity index (χ0n) is 16.1. The normalized spacial score (nSPS) is 24.0. The fraction of sp³-hybridized carbons (Fsp3) is 0.842. The van der Waals surface area contributed by atoms with E-state index in [-0.39, 0.29) is 35.8 Å². The molecule has 0 aromatic rings. The molecule has 1 aliphatic heterocycles. The molecule has 1 saturated heterocycles. The molecule has 0 atom stereocenters. The van der Waals surface area contributed by atoms with Crippen LogP contribution in [-0.4, -0.2) is 55.1 Å². The Balaban J connectivity index is 1.68. The minimum atomic E-state index is -0.267. The molecule has 148 valence electrons. The zero-order chi connectivity index (χ0) is 18.9. The van der Waals surface area contributed by atoms with Crippen LogP contribution in [0.4, 0.5) is 4.79 Å². The lowest BCUT2D eigenvalue weighted by atomic mass is 9.81. The molecule has 1 heterocycles. The van der Waals surface area contributed by atoms with Crippen molar-refractivity contribution in [2.45, 2.75) is 64.8 Å². The second-order valence-corrected chi connectivity index (χ2v) is 7.31. The standard InChI is InChI=1S/C19H33N3O4/c1-3-11-20-17(23)14-5-7-15(8-6-14)18(24)21-16-9-12-22(13-10-16)19(25)26-4-2/h14-16H,3-13H2,1-2H3,(H,20,23)(H,21,24). The van der Waals surface area contributed by atoms with E-state index in [9.17, 15) is 14.4 Å². The van der Waals surface area contributed by atoms with Crippen LogP contribution >= 0.6 is 0 Å². The van der Waals surface area contributed by atoms with Gasteiger partial charge in [0.25, 0.3) is 0 Å². The van der Waals surface area contributed by atoms with E-state index in [1.165, 1.54) is 0 Å². The van der Waals surface area contributed by atoms with E-state index >= 15 is 0 Å². The molecule has 1 aliphatic carbocycles. The lowest BCUT2D eigenvalue weighted by Crippen LogP contribution is -2.48. The predicted octanol–water partition coefficient (Wildman–Crippen LogP) is 2.06. The molecule has 0 bridgehead atoms. The highest BCUT2D eigenvalue weighted by molar-refractivity contribution is 5.81. The fourth-order valence-corrected chi connectivity index (χ4v) is 3.75. The first kappa shape index (κ1) is 20.5. The largest absolute Gasteiger partial charge is 0.450 e. The maximum absolute atomic E-state index is 12.5. The maximum Gasteiger partial charge on any atom is 0.409 e. The Morgan fingerprint density at radius 3 is 2.04 bits per heavy atom. The van der Waals surface area contributed by atoms with Gasteiger partial charge < -0.3 is 20.3 Å². The van der Waals surface area contributed by atoms with E-state index in [2.05, 4.69) is 10.6 Å². The number of rotatable bonds is 6. The number of carbonyl (C=O) groups is 3. The molecule has 7 nitrogen and oxygen atoms in total. The highest BCUT2D eigenvalue weighted by atomic mass is 16.6. The number of carbonyl (C=O) groups excluding carboxylic acids is 3. The first-order chi connectivity index (χ1) is 12.5. The van der Waals surface area contributed by atoms with Gasteiger partial charge in [-0.1, -0.05) is 6.92 Å². The second kappa shape index (κ2) is 10.4. The van der Waals surface area contributed by atoms with Crippen molar-refractivity contribution in [1.29, 1.82) is 0 Å². The molecular formula is C19H33N3O4.